The van der Waals surface area contributed by atoms with Gasteiger partial charge in [-0.3, -0.25) is 9.59 Å². The van der Waals surface area contributed by atoms with Gasteiger partial charge in [-0.25, -0.2) is 9.37 Å². The highest BCUT2D eigenvalue weighted by Crippen LogP contribution is 2.30. The first-order chi connectivity index (χ1) is 12.7. The van der Waals surface area contributed by atoms with Gasteiger partial charge < -0.3 is 16.8 Å². The number of hydrogen-bond donors (Lipinski definition) is 3. The Hall–Kier alpha value is -2.22. The van der Waals surface area contributed by atoms with Gasteiger partial charge in [0, 0.05) is 35.8 Å². The second-order valence-electron chi connectivity index (χ2n) is 6.32. The van der Waals surface area contributed by atoms with Gasteiger partial charge in [-0.2, -0.15) is 0 Å². The summed E-state index contributed by atoms with van der Waals surface area (Å²) in [5, 5.41) is 3.18. The topological polar surface area (TPSA) is 111 Å². The highest BCUT2D eigenvalue weighted by molar-refractivity contribution is 6.35. The molecule has 0 aliphatic rings. The van der Waals surface area contributed by atoms with Gasteiger partial charge in [0.25, 0.3) is 0 Å². The van der Waals surface area contributed by atoms with E-state index < -0.39 is 23.5 Å². The summed E-state index contributed by atoms with van der Waals surface area (Å²) in [5.41, 5.74) is 11.1. The minimum Gasteiger partial charge on any atom is -0.384 e. The molecule has 2 aromatic rings. The standard InChI is InChI=1S/C19H22ClFN4O2.ClH/c1-3-14(25-10(2)8-16(23)26)12-4-5-13(20)17(18(12)21)19(27)11-6-7-24-15(22)9-11;/h4-7,9-10,14,25H,3,8H2,1-2H3,(H2,22,24)(H2,23,26);1H/t10-,14-;/m1./s1. The van der Waals surface area contributed by atoms with E-state index in [4.69, 9.17) is 23.1 Å². The fourth-order valence-corrected chi connectivity index (χ4v) is 3.14. The van der Waals surface area contributed by atoms with Crippen molar-refractivity contribution < 1.29 is 14.0 Å². The van der Waals surface area contributed by atoms with Crippen LogP contribution in [0.25, 0.3) is 0 Å². The van der Waals surface area contributed by atoms with E-state index in [0.29, 0.717) is 12.0 Å². The van der Waals surface area contributed by atoms with Gasteiger partial charge in [0.15, 0.2) is 5.78 Å². The summed E-state index contributed by atoms with van der Waals surface area (Å²) < 4.78 is 15.2. The number of rotatable bonds is 8. The number of nitrogen functional groups attached to an aromatic ring is 1. The minimum absolute atomic E-state index is 0. The molecular formula is C19H23Cl2FN4O2. The number of carbonyl (C=O) groups is 2. The van der Waals surface area contributed by atoms with Crippen LogP contribution in [-0.4, -0.2) is 22.7 Å². The number of nitrogens with two attached hydrogens (primary N) is 2. The smallest absolute Gasteiger partial charge is 0.218 e. The normalized spacial score (nSPS) is 12.7. The van der Waals surface area contributed by atoms with Crippen molar-refractivity contribution in [1.82, 2.24) is 10.3 Å². The minimum atomic E-state index is -0.700. The van der Waals surface area contributed by atoms with E-state index in [-0.39, 0.29) is 46.8 Å². The van der Waals surface area contributed by atoms with E-state index in [0.717, 1.165) is 0 Å². The van der Waals surface area contributed by atoms with Gasteiger partial charge >= 0.3 is 0 Å². The maximum Gasteiger partial charge on any atom is 0.218 e. The molecule has 1 heterocycles. The van der Waals surface area contributed by atoms with Crippen LogP contribution in [-0.2, 0) is 4.79 Å². The number of anilines is 1. The van der Waals surface area contributed by atoms with Crippen molar-refractivity contribution in [2.45, 2.75) is 38.8 Å². The molecule has 0 fully saturated rings. The van der Waals surface area contributed by atoms with Crippen LogP contribution in [0, 0.1) is 5.82 Å². The number of amides is 1. The molecule has 2 atom stereocenters. The zero-order valence-corrected chi connectivity index (χ0v) is 17.1. The van der Waals surface area contributed by atoms with Crippen LogP contribution in [0.15, 0.2) is 30.5 Å². The summed E-state index contributed by atoms with van der Waals surface area (Å²) in [6, 6.07) is 5.18. The number of nitrogens with zero attached hydrogens (tertiary/aromatic N) is 1. The second kappa shape index (κ2) is 10.4. The molecule has 1 amide bonds. The molecule has 28 heavy (non-hydrogen) atoms. The summed E-state index contributed by atoms with van der Waals surface area (Å²) in [6.07, 6.45) is 2.03. The molecule has 1 aromatic heterocycles. The summed E-state index contributed by atoms with van der Waals surface area (Å²) >= 11 is 6.12. The lowest BCUT2D eigenvalue weighted by atomic mass is 9.96. The Morgan fingerprint density at radius 1 is 1.32 bits per heavy atom. The zero-order chi connectivity index (χ0) is 20.1. The molecule has 0 aliphatic carbocycles. The van der Waals surface area contributed by atoms with Crippen LogP contribution in [0.4, 0.5) is 10.2 Å². The summed E-state index contributed by atoms with van der Waals surface area (Å²) in [7, 11) is 0. The number of primary amides is 1. The zero-order valence-electron chi connectivity index (χ0n) is 15.5. The van der Waals surface area contributed by atoms with Crippen molar-refractivity contribution in [2.24, 2.45) is 5.73 Å². The summed E-state index contributed by atoms with van der Waals surface area (Å²) in [4.78, 5) is 27.7. The van der Waals surface area contributed by atoms with Gasteiger partial charge in [0.2, 0.25) is 5.91 Å². The van der Waals surface area contributed by atoms with Crippen LogP contribution in [0.1, 0.15) is 54.2 Å². The molecular weight excluding hydrogens is 406 g/mol. The van der Waals surface area contributed by atoms with Crippen LogP contribution in [0.5, 0.6) is 0 Å². The predicted octanol–water partition coefficient (Wildman–Crippen LogP) is 3.41. The SMILES string of the molecule is CC[C@@H](N[C@H](C)CC(N)=O)c1ccc(Cl)c(C(=O)c2ccnc(N)c2)c1F.Cl. The van der Waals surface area contributed by atoms with Crippen molar-refractivity contribution in [3.63, 3.8) is 0 Å². The van der Waals surface area contributed by atoms with Crippen molar-refractivity contribution in [2.75, 3.05) is 5.73 Å². The molecule has 0 saturated heterocycles. The molecule has 6 nitrogen and oxygen atoms in total. The maximum absolute atomic E-state index is 15.2. The molecule has 0 unspecified atom stereocenters. The fraction of sp³-hybridized carbons (Fsp3) is 0.316. The van der Waals surface area contributed by atoms with E-state index >= 15 is 4.39 Å². The van der Waals surface area contributed by atoms with E-state index in [2.05, 4.69) is 10.3 Å². The van der Waals surface area contributed by atoms with Crippen molar-refractivity contribution in [1.29, 1.82) is 0 Å². The lowest BCUT2D eigenvalue weighted by Gasteiger charge is -2.23. The van der Waals surface area contributed by atoms with Gasteiger partial charge in [0.1, 0.15) is 11.6 Å². The first-order valence-electron chi connectivity index (χ1n) is 8.53. The van der Waals surface area contributed by atoms with Crippen LogP contribution in [0.3, 0.4) is 0 Å². The number of carbonyl (C=O) groups excluding carboxylic acids is 2. The van der Waals surface area contributed by atoms with Crippen LogP contribution in [0.2, 0.25) is 5.02 Å². The summed E-state index contributed by atoms with van der Waals surface area (Å²) in [6.45, 7) is 3.65. The number of benzene rings is 1. The molecule has 5 N–H and O–H groups in total. The third-order valence-electron chi connectivity index (χ3n) is 4.17. The molecule has 0 saturated carbocycles. The Bertz CT molecular complexity index is 864. The van der Waals surface area contributed by atoms with E-state index in [1.165, 1.54) is 30.5 Å². The van der Waals surface area contributed by atoms with Crippen LogP contribution >= 0.6 is 24.0 Å². The Balaban J connectivity index is 0.00000392. The molecule has 2 rings (SSSR count). The Morgan fingerprint density at radius 3 is 2.57 bits per heavy atom. The molecule has 0 aliphatic heterocycles. The average Bonchev–Trinajstić information content (AvgIpc) is 2.59. The van der Waals surface area contributed by atoms with Crippen molar-refractivity contribution >= 4 is 41.5 Å². The van der Waals surface area contributed by atoms with E-state index in [1.54, 1.807) is 6.92 Å². The Kier molecular flexibility index (Phi) is 8.81. The van der Waals surface area contributed by atoms with Gasteiger partial charge in [-0.15, -0.1) is 12.4 Å². The number of aromatic nitrogens is 1. The highest BCUT2D eigenvalue weighted by atomic mass is 35.5. The average molecular weight is 429 g/mol. The number of pyridine rings is 1. The number of hydrogen-bond acceptors (Lipinski definition) is 5. The highest BCUT2D eigenvalue weighted by Gasteiger charge is 2.25. The second-order valence-corrected chi connectivity index (χ2v) is 6.73. The quantitative estimate of drug-likeness (QED) is 0.557. The monoisotopic (exact) mass is 428 g/mol. The molecule has 9 heteroatoms. The third kappa shape index (κ3) is 5.64. The summed E-state index contributed by atoms with van der Waals surface area (Å²) in [5.74, 6) is -1.57. The van der Waals surface area contributed by atoms with Gasteiger partial charge in [-0.1, -0.05) is 24.6 Å². The molecule has 1 aromatic carbocycles. The van der Waals surface area contributed by atoms with Crippen molar-refractivity contribution in [3.05, 3.63) is 58.0 Å². The van der Waals surface area contributed by atoms with Gasteiger partial charge in [0.05, 0.1) is 10.6 Å². The molecule has 0 radical (unpaired) electrons. The number of ketones is 1. The Labute approximate surface area is 174 Å². The molecule has 0 spiro atoms. The van der Waals surface area contributed by atoms with Gasteiger partial charge in [-0.05, 0) is 31.5 Å². The fourth-order valence-electron chi connectivity index (χ4n) is 2.91. The van der Waals surface area contributed by atoms with E-state index in [9.17, 15) is 9.59 Å². The Morgan fingerprint density at radius 2 is 2.00 bits per heavy atom. The third-order valence-corrected chi connectivity index (χ3v) is 4.48. The maximum atomic E-state index is 15.2. The predicted molar refractivity (Wildman–Crippen MR) is 110 cm³/mol. The lowest BCUT2D eigenvalue weighted by Crippen LogP contribution is -2.34. The molecule has 0 bridgehead atoms. The largest absolute Gasteiger partial charge is 0.384 e. The molecule has 152 valence electrons. The number of halogens is 3. The van der Waals surface area contributed by atoms with Crippen molar-refractivity contribution in [3.8, 4) is 0 Å². The lowest BCUT2D eigenvalue weighted by molar-refractivity contribution is -0.118. The first kappa shape index (κ1) is 23.8. The number of nitrogens with one attached hydrogen (secondary N) is 1. The van der Waals surface area contributed by atoms with Crippen LogP contribution < -0.4 is 16.8 Å². The first-order valence-corrected chi connectivity index (χ1v) is 8.90. The van der Waals surface area contributed by atoms with E-state index in [1.807, 2.05) is 6.92 Å².